The summed E-state index contributed by atoms with van der Waals surface area (Å²) in [5.74, 6) is -0.135. The first kappa shape index (κ1) is 20.7. The number of thioether (sulfide) groups is 1. The smallest absolute Gasteiger partial charge is 0.242 e. The fraction of sp³-hybridized carbons (Fsp3) is 0.375. The summed E-state index contributed by atoms with van der Waals surface area (Å²) < 4.78 is 0. The lowest BCUT2D eigenvalue weighted by Crippen LogP contribution is -2.35. The van der Waals surface area contributed by atoms with Crippen molar-refractivity contribution in [2.45, 2.75) is 58.2 Å². The van der Waals surface area contributed by atoms with Gasteiger partial charge in [-0.05, 0) is 74.9 Å². The molecule has 30 heavy (non-hydrogen) atoms. The summed E-state index contributed by atoms with van der Waals surface area (Å²) in [6.45, 7) is 8.04. The second-order valence-corrected chi connectivity index (χ2v) is 9.48. The number of para-hydroxylation sites is 1. The Morgan fingerprint density at radius 1 is 1.10 bits per heavy atom. The zero-order chi connectivity index (χ0) is 21.4. The van der Waals surface area contributed by atoms with Crippen LogP contribution in [-0.2, 0) is 9.59 Å². The van der Waals surface area contributed by atoms with Crippen molar-refractivity contribution >= 4 is 40.1 Å². The molecule has 4 rings (SSSR count). The Hall–Kier alpha value is -2.60. The van der Waals surface area contributed by atoms with E-state index >= 15 is 0 Å². The number of benzene rings is 2. The number of amides is 2. The van der Waals surface area contributed by atoms with Crippen molar-refractivity contribution in [3.05, 3.63) is 58.7 Å². The standard InChI is InChI=1S/C24H27N3O2S/c1-14-10-15(2)12-18(11-14)25-24-27(19-8-9-19)23(29)20(30-24)13-21(28)26-22-16(3)6-5-7-17(22)4/h5-7,10-12,19-20H,8-9,13H2,1-4H3,(H,26,28)/t20-/m0/s1. The molecule has 1 saturated heterocycles. The largest absolute Gasteiger partial charge is 0.326 e. The van der Waals surface area contributed by atoms with Crippen molar-refractivity contribution in [1.29, 1.82) is 0 Å². The number of hydrogen-bond acceptors (Lipinski definition) is 4. The summed E-state index contributed by atoms with van der Waals surface area (Å²) in [4.78, 5) is 32.4. The van der Waals surface area contributed by atoms with Crippen LogP contribution in [-0.4, -0.2) is 33.2 Å². The second kappa shape index (κ2) is 8.26. The van der Waals surface area contributed by atoms with Gasteiger partial charge >= 0.3 is 0 Å². The molecule has 1 heterocycles. The summed E-state index contributed by atoms with van der Waals surface area (Å²) in [6, 6.07) is 12.3. The number of carbonyl (C=O) groups is 2. The lowest BCUT2D eigenvalue weighted by Gasteiger charge is -2.15. The van der Waals surface area contributed by atoms with E-state index in [1.165, 1.54) is 11.8 Å². The van der Waals surface area contributed by atoms with Gasteiger partial charge < -0.3 is 5.32 Å². The number of aryl methyl sites for hydroxylation is 4. The second-order valence-electron chi connectivity index (χ2n) is 8.31. The van der Waals surface area contributed by atoms with E-state index in [9.17, 15) is 9.59 Å². The van der Waals surface area contributed by atoms with Crippen LogP contribution in [0, 0.1) is 27.7 Å². The minimum atomic E-state index is -0.431. The van der Waals surface area contributed by atoms with Crippen LogP contribution in [0.2, 0.25) is 0 Å². The Kier molecular flexibility index (Phi) is 5.69. The molecule has 1 aliphatic carbocycles. The van der Waals surface area contributed by atoms with Gasteiger partial charge in [0.1, 0.15) is 5.25 Å². The molecular formula is C24H27N3O2S. The molecule has 2 fully saturated rings. The summed E-state index contributed by atoms with van der Waals surface area (Å²) in [6.07, 6.45) is 2.14. The van der Waals surface area contributed by atoms with Gasteiger partial charge in [0.25, 0.3) is 0 Å². The minimum absolute atomic E-state index is 0.00211. The predicted molar refractivity (Wildman–Crippen MR) is 123 cm³/mol. The minimum Gasteiger partial charge on any atom is -0.326 e. The maximum atomic E-state index is 13.1. The highest BCUT2D eigenvalue weighted by Gasteiger charge is 2.46. The summed E-state index contributed by atoms with van der Waals surface area (Å²) >= 11 is 1.41. The Morgan fingerprint density at radius 2 is 1.73 bits per heavy atom. The number of rotatable bonds is 5. The van der Waals surface area contributed by atoms with Gasteiger partial charge in [0.05, 0.1) is 5.69 Å². The number of hydrogen-bond donors (Lipinski definition) is 1. The molecule has 0 spiro atoms. The third-order valence-electron chi connectivity index (χ3n) is 5.43. The van der Waals surface area contributed by atoms with Gasteiger partial charge in [0.2, 0.25) is 11.8 Å². The van der Waals surface area contributed by atoms with Crippen LogP contribution in [0.25, 0.3) is 0 Å². The third kappa shape index (κ3) is 4.43. The number of aliphatic imine (C=N–C) groups is 1. The van der Waals surface area contributed by atoms with E-state index in [1.807, 2.05) is 62.9 Å². The van der Waals surface area contributed by atoms with Crippen LogP contribution in [0.1, 0.15) is 41.5 Å². The van der Waals surface area contributed by atoms with E-state index in [4.69, 9.17) is 4.99 Å². The maximum Gasteiger partial charge on any atom is 0.242 e. The lowest BCUT2D eigenvalue weighted by molar-refractivity contribution is -0.128. The first-order chi connectivity index (χ1) is 14.3. The normalized spacial score (nSPS) is 20.1. The number of nitrogens with zero attached hydrogens (tertiary/aromatic N) is 2. The van der Waals surface area contributed by atoms with E-state index in [2.05, 4.69) is 11.4 Å². The van der Waals surface area contributed by atoms with Gasteiger partial charge in [0.15, 0.2) is 5.17 Å². The highest BCUT2D eigenvalue weighted by Crippen LogP contribution is 2.39. The zero-order valence-electron chi connectivity index (χ0n) is 17.9. The van der Waals surface area contributed by atoms with Gasteiger partial charge in [-0.1, -0.05) is 36.0 Å². The van der Waals surface area contributed by atoms with E-state index in [-0.39, 0.29) is 24.3 Å². The van der Waals surface area contributed by atoms with Crippen molar-refractivity contribution in [1.82, 2.24) is 4.90 Å². The van der Waals surface area contributed by atoms with E-state index in [1.54, 1.807) is 0 Å². The first-order valence-corrected chi connectivity index (χ1v) is 11.2. The molecular weight excluding hydrogens is 394 g/mol. The van der Waals surface area contributed by atoms with Crippen molar-refractivity contribution in [3.63, 3.8) is 0 Å². The fourth-order valence-corrected chi connectivity index (χ4v) is 5.07. The van der Waals surface area contributed by atoms with Crippen LogP contribution >= 0.6 is 11.8 Å². The molecule has 2 aromatic rings. The molecule has 1 saturated carbocycles. The average molecular weight is 422 g/mol. The SMILES string of the molecule is Cc1cc(C)cc(N=C2S[C@@H](CC(=O)Nc3c(C)cccc3C)C(=O)N2C2CC2)c1. The lowest BCUT2D eigenvalue weighted by atomic mass is 10.1. The topological polar surface area (TPSA) is 61.8 Å². The summed E-state index contributed by atoms with van der Waals surface area (Å²) in [7, 11) is 0. The molecule has 156 valence electrons. The summed E-state index contributed by atoms with van der Waals surface area (Å²) in [5, 5.41) is 3.29. The molecule has 2 amide bonds. The first-order valence-electron chi connectivity index (χ1n) is 10.3. The number of carbonyl (C=O) groups excluding carboxylic acids is 2. The molecule has 0 unspecified atom stereocenters. The quantitative estimate of drug-likeness (QED) is 0.735. The van der Waals surface area contributed by atoms with E-state index in [0.29, 0.717) is 0 Å². The van der Waals surface area contributed by atoms with Crippen molar-refractivity contribution < 1.29 is 9.59 Å². The predicted octanol–water partition coefficient (Wildman–Crippen LogP) is 5.04. The van der Waals surface area contributed by atoms with Crippen molar-refractivity contribution in [2.75, 3.05) is 5.32 Å². The van der Waals surface area contributed by atoms with Crippen LogP contribution in [0.3, 0.4) is 0 Å². The van der Waals surface area contributed by atoms with Gasteiger partial charge in [-0.2, -0.15) is 0 Å². The molecule has 5 nitrogen and oxygen atoms in total. The highest BCUT2D eigenvalue weighted by atomic mass is 32.2. The molecule has 1 aliphatic heterocycles. The Balaban J connectivity index is 1.53. The van der Waals surface area contributed by atoms with Crippen LogP contribution in [0.5, 0.6) is 0 Å². The average Bonchev–Trinajstić information content (AvgIpc) is 3.44. The van der Waals surface area contributed by atoms with Crippen LogP contribution in [0.15, 0.2) is 41.4 Å². The summed E-state index contributed by atoms with van der Waals surface area (Å²) in [5.41, 5.74) is 6.02. The van der Waals surface area contributed by atoms with E-state index in [0.717, 1.165) is 51.6 Å². The van der Waals surface area contributed by atoms with Crippen molar-refractivity contribution in [2.24, 2.45) is 4.99 Å². The molecule has 2 aromatic carbocycles. The zero-order valence-corrected chi connectivity index (χ0v) is 18.7. The third-order valence-corrected chi connectivity index (χ3v) is 6.58. The number of amidine groups is 1. The van der Waals surface area contributed by atoms with Crippen LogP contribution < -0.4 is 5.32 Å². The monoisotopic (exact) mass is 421 g/mol. The molecule has 1 N–H and O–H groups in total. The van der Waals surface area contributed by atoms with Gasteiger partial charge in [-0.25, -0.2) is 4.99 Å². The molecule has 0 aromatic heterocycles. The maximum absolute atomic E-state index is 13.1. The van der Waals surface area contributed by atoms with Crippen molar-refractivity contribution in [3.8, 4) is 0 Å². The van der Waals surface area contributed by atoms with Crippen LogP contribution in [0.4, 0.5) is 11.4 Å². The molecule has 2 aliphatic rings. The number of nitrogens with one attached hydrogen (secondary N) is 1. The Bertz CT molecular complexity index is 1000. The van der Waals surface area contributed by atoms with Gasteiger partial charge in [0, 0.05) is 18.2 Å². The Labute approximate surface area is 182 Å². The molecule has 0 radical (unpaired) electrons. The molecule has 0 bridgehead atoms. The Morgan fingerprint density at radius 3 is 2.33 bits per heavy atom. The highest BCUT2D eigenvalue weighted by molar-refractivity contribution is 8.15. The number of anilines is 1. The van der Waals surface area contributed by atoms with Gasteiger partial charge in [-0.3, -0.25) is 14.5 Å². The molecule has 6 heteroatoms. The fourth-order valence-electron chi connectivity index (χ4n) is 3.86. The van der Waals surface area contributed by atoms with Gasteiger partial charge in [-0.15, -0.1) is 0 Å². The van der Waals surface area contributed by atoms with E-state index < -0.39 is 5.25 Å². The molecule has 1 atom stereocenters.